The molecule has 198 valence electrons. The summed E-state index contributed by atoms with van der Waals surface area (Å²) >= 11 is 2.10. The lowest BCUT2D eigenvalue weighted by Crippen LogP contribution is -2.47. The lowest BCUT2D eigenvalue weighted by Gasteiger charge is -2.32. The number of rotatable bonds is 4. The molecule has 1 fully saturated rings. The number of piperazine rings is 1. The summed E-state index contributed by atoms with van der Waals surface area (Å²) in [4.78, 5) is 38.8. The van der Waals surface area contributed by atoms with Crippen molar-refractivity contribution < 1.29 is 9.21 Å². The first-order valence-electron chi connectivity index (χ1n) is 12.6. The van der Waals surface area contributed by atoms with E-state index in [0.29, 0.717) is 50.4 Å². The highest BCUT2D eigenvalue weighted by molar-refractivity contribution is 14.1. The van der Waals surface area contributed by atoms with Crippen LogP contribution in [0.1, 0.15) is 29.1 Å². The number of benzene rings is 2. The van der Waals surface area contributed by atoms with Gasteiger partial charge in [-0.25, -0.2) is 19.4 Å². The fraction of sp³-hybridized carbons (Fsp3) is 0.250. The number of carbonyl (C=O) groups excluding carboxylic acids is 1. The third kappa shape index (κ3) is 4.44. The number of nitrogen functional groups attached to an aromatic ring is 1. The van der Waals surface area contributed by atoms with Gasteiger partial charge in [0.25, 0.3) is 5.91 Å². The molecule has 0 spiro atoms. The molecule has 39 heavy (non-hydrogen) atoms. The lowest BCUT2D eigenvalue weighted by atomic mass is 9.95. The molecule has 1 saturated heterocycles. The van der Waals surface area contributed by atoms with Crippen LogP contribution in [0.5, 0.6) is 0 Å². The molecule has 1 aliphatic heterocycles. The van der Waals surface area contributed by atoms with Gasteiger partial charge in [0.1, 0.15) is 27.6 Å². The van der Waals surface area contributed by atoms with Gasteiger partial charge in [0, 0.05) is 42.7 Å². The highest BCUT2D eigenvalue weighted by Crippen LogP contribution is 2.37. The summed E-state index contributed by atoms with van der Waals surface area (Å²) in [6.45, 7) is 5.04. The maximum atomic E-state index is 13.1. The number of nitrogens with two attached hydrogens (primary N) is 1. The molecule has 4 heterocycles. The summed E-state index contributed by atoms with van der Waals surface area (Å²) in [5, 5.41) is 6.56. The van der Waals surface area contributed by atoms with Crippen LogP contribution in [0.15, 0.2) is 64.1 Å². The first kappa shape index (κ1) is 25.4. The lowest BCUT2D eigenvalue weighted by molar-refractivity contribution is 0.0664. The summed E-state index contributed by atoms with van der Waals surface area (Å²) in [7, 11) is 2.06. The van der Waals surface area contributed by atoms with Crippen molar-refractivity contribution in [2.75, 3.05) is 39.0 Å². The molecule has 0 bridgehead atoms. The number of nitrogens with zero attached hydrogens (tertiary/aromatic N) is 6. The first-order valence-corrected chi connectivity index (χ1v) is 13.7. The van der Waals surface area contributed by atoms with Crippen LogP contribution < -0.4 is 11.4 Å². The maximum absolute atomic E-state index is 13.1. The van der Waals surface area contributed by atoms with Gasteiger partial charge in [-0.05, 0) is 60.3 Å². The zero-order valence-corrected chi connectivity index (χ0v) is 23.6. The topological polar surface area (TPSA) is 123 Å². The van der Waals surface area contributed by atoms with Gasteiger partial charge in [0.05, 0.1) is 10.8 Å². The Kier molecular flexibility index (Phi) is 6.55. The van der Waals surface area contributed by atoms with E-state index in [2.05, 4.69) is 49.6 Å². The smallest absolute Gasteiger partial charge is 0.343 e. The first-order chi connectivity index (χ1) is 18.8. The van der Waals surface area contributed by atoms with E-state index < -0.39 is 11.7 Å². The number of hydrogen-bond donors (Lipinski definition) is 1. The molecule has 5 aromatic rings. The average molecular weight is 635 g/mol. The molecule has 0 radical (unpaired) electrons. The number of fused-ring (bicyclic) bond motifs is 2. The van der Waals surface area contributed by atoms with E-state index in [0.717, 1.165) is 29.6 Å². The molecular formula is C28H26IN7O3. The van der Waals surface area contributed by atoms with E-state index in [4.69, 9.17) is 10.2 Å². The van der Waals surface area contributed by atoms with Crippen molar-refractivity contribution in [3.8, 4) is 11.1 Å². The number of aromatic nitrogens is 4. The number of anilines is 1. The molecule has 11 heteroatoms. The van der Waals surface area contributed by atoms with E-state index in [1.54, 1.807) is 10.7 Å². The van der Waals surface area contributed by atoms with E-state index in [1.807, 2.05) is 54.3 Å². The zero-order chi connectivity index (χ0) is 27.3. The van der Waals surface area contributed by atoms with Crippen molar-refractivity contribution in [1.29, 1.82) is 0 Å². The molecule has 10 nitrogen and oxygen atoms in total. The fourth-order valence-corrected chi connectivity index (χ4v) is 5.87. The second-order valence-electron chi connectivity index (χ2n) is 9.72. The number of hydrogen-bond acceptors (Lipinski definition) is 8. The van der Waals surface area contributed by atoms with Crippen LogP contribution in [-0.2, 0) is 0 Å². The zero-order valence-electron chi connectivity index (χ0n) is 21.5. The van der Waals surface area contributed by atoms with Crippen LogP contribution in [0.25, 0.3) is 32.9 Å². The van der Waals surface area contributed by atoms with Gasteiger partial charge in [-0.15, -0.1) is 0 Å². The third-order valence-corrected chi connectivity index (χ3v) is 8.05. The van der Waals surface area contributed by atoms with Gasteiger partial charge in [0.2, 0.25) is 0 Å². The van der Waals surface area contributed by atoms with Crippen LogP contribution in [0.3, 0.4) is 0 Å². The number of amides is 1. The molecule has 3 aromatic heterocycles. The monoisotopic (exact) mass is 635 g/mol. The highest BCUT2D eigenvalue weighted by atomic mass is 127. The van der Waals surface area contributed by atoms with E-state index in [1.165, 1.54) is 6.33 Å². The molecular weight excluding hydrogens is 609 g/mol. The van der Waals surface area contributed by atoms with E-state index >= 15 is 0 Å². The molecule has 1 amide bonds. The minimum Gasteiger partial charge on any atom is -0.424 e. The Morgan fingerprint density at radius 3 is 2.44 bits per heavy atom. The van der Waals surface area contributed by atoms with Crippen LogP contribution >= 0.6 is 22.6 Å². The van der Waals surface area contributed by atoms with Crippen LogP contribution in [-0.4, -0.2) is 68.7 Å². The van der Waals surface area contributed by atoms with Crippen LogP contribution in [0.2, 0.25) is 0 Å². The second-order valence-corrected chi connectivity index (χ2v) is 10.7. The van der Waals surface area contributed by atoms with Crippen molar-refractivity contribution >= 4 is 56.1 Å². The largest absolute Gasteiger partial charge is 0.424 e. The van der Waals surface area contributed by atoms with Gasteiger partial charge in [0.15, 0.2) is 5.65 Å². The SMILES string of the molecule is CC(c1oc(=O)c2ccccc2c1-c1ccc(C(=O)N2CCN(C)CC2)cc1)n1nc(I)c2c(N)ncnc21. The van der Waals surface area contributed by atoms with Crippen molar-refractivity contribution in [2.45, 2.75) is 13.0 Å². The third-order valence-electron chi connectivity index (χ3n) is 7.30. The predicted molar refractivity (Wildman–Crippen MR) is 158 cm³/mol. The molecule has 2 aromatic carbocycles. The van der Waals surface area contributed by atoms with E-state index in [9.17, 15) is 9.59 Å². The standard InChI is InChI=1S/C28H26IN7O3/c1-16(36-26-22(24(29)33-36)25(30)31-15-32-26)23-21(19-5-3-4-6-20(19)28(38)39-23)17-7-9-18(10-8-17)27(37)35-13-11-34(2)12-14-35/h3-10,15-16H,11-14H2,1-2H3,(H2,30,31,32). The van der Waals surface area contributed by atoms with E-state index in [-0.39, 0.29) is 5.91 Å². The summed E-state index contributed by atoms with van der Waals surface area (Å²) in [6.07, 6.45) is 1.40. The number of likely N-dealkylation sites (N-methyl/N-ethyl adjacent to an activating group) is 1. The van der Waals surface area contributed by atoms with Crippen LogP contribution in [0.4, 0.5) is 5.82 Å². The Labute approximate surface area is 237 Å². The Bertz CT molecular complexity index is 1770. The molecule has 0 aliphatic carbocycles. The Morgan fingerprint density at radius 1 is 1.03 bits per heavy atom. The number of carbonyl (C=O) groups is 1. The molecule has 0 saturated carbocycles. The Morgan fingerprint density at radius 2 is 1.72 bits per heavy atom. The van der Waals surface area contributed by atoms with Crippen LogP contribution in [0, 0.1) is 3.70 Å². The van der Waals surface area contributed by atoms with Gasteiger partial charge in [-0.2, -0.15) is 5.10 Å². The van der Waals surface area contributed by atoms with Crippen molar-refractivity contribution in [2.24, 2.45) is 0 Å². The molecule has 6 rings (SSSR count). The highest BCUT2D eigenvalue weighted by Gasteiger charge is 2.26. The van der Waals surface area contributed by atoms with Crippen molar-refractivity contribution in [3.05, 3.63) is 80.3 Å². The molecule has 1 aliphatic rings. The minimum atomic E-state index is -0.496. The quantitative estimate of drug-likeness (QED) is 0.296. The van der Waals surface area contributed by atoms with Crippen molar-refractivity contribution in [1.82, 2.24) is 29.5 Å². The predicted octanol–water partition coefficient (Wildman–Crippen LogP) is 3.78. The molecule has 1 atom stereocenters. The maximum Gasteiger partial charge on any atom is 0.343 e. The molecule has 2 N–H and O–H groups in total. The fourth-order valence-electron chi connectivity index (χ4n) is 5.12. The van der Waals surface area contributed by atoms with Gasteiger partial charge < -0.3 is 20.0 Å². The summed E-state index contributed by atoms with van der Waals surface area (Å²) in [5.41, 5.74) is 8.44. The summed E-state index contributed by atoms with van der Waals surface area (Å²) < 4.78 is 8.35. The van der Waals surface area contributed by atoms with Crippen molar-refractivity contribution in [3.63, 3.8) is 0 Å². The van der Waals surface area contributed by atoms with Gasteiger partial charge in [-0.3, -0.25) is 4.79 Å². The average Bonchev–Trinajstić information content (AvgIpc) is 3.30. The Hall–Kier alpha value is -3.84. The normalized spacial score (nSPS) is 15.2. The summed E-state index contributed by atoms with van der Waals surface area (Å²) in [5.74, 6) is 0.793. The minimum absolute atomic E-state index is 0.0163. The van der Waals surface area contributed by atoms with Gasteiger partial charge in [-0.1, -0.05) is 30.3 Å². The molecule has 1 unspecified atom stereocenters. The number of halogens is 1. The second kappa shape index (κ2) is 10.0. The van der Waals surface area contributed by atoms with Gasteiger partial charge >= 0.3 is 5.63 Å². The summed E-state index contributed by atoms with van der Waals surface area (Å²) in [6, 6.07) is 14.4. The Balaban J connectivity index is 1.47.